The summed E-state index contributed by atoms with van der Waals surface area (Å²) in [7, 11) is 0. The van der Waals surface area contributed by atoms with E-state index in [0.29, 0.717) is 17.3 Å². The minimum atomic E-state index is 0.433. The van der Waals surface area contributed by atoms with Crippen LogP contribution in [0.2, 0.25) is 0 Å². The molecule has 0 amide bonds. The monoisotopic (exact) mass is 231 g/mol. The Labute approximate surface area is 101 Å². The van der Waals surface area contributed by atoms with Crippen LogP contribution in [0.1, 0.15) is 13.8 Å². The highest BCUT2D eigenvalue weighted by Gasteiger charge is 1.97. The number of pyridine rings is 1. The summed E-state index contributed by atoms with van der Waals surface area (Å²) in [6.07, 6.45) is 1.60. The first kappa shape index (κ1) is 12.8. The lowest BCUT2D eigenvalue weighted by Gasteiger charge is -2.05. The van der Waals surface area contributed by atoms with E-state index >= 15 is 0 Å². The first-order valence-electron chi connectivity index (χ1n) is 5.49. The Hall–Kier alpha value is -2.23. The number of hydrogen-bond acceptors (Lipinski definition) is 4. The molecule has 90 valence electrons. The molecule has 0 unspecified atom stereocenters. The second kappa shape index (κ2) is 6.37. The maximum absolute atomic E-state index is 5.56. The van der Waals surface area contributed by atoms with Gasteiger partial charge in [-0.1, -0.05) is 13.8 Å². The normalized spacial score (nSPS) is 9.06. The van der Waals surface area contributed by atoms with E-state index in [1.165, 1.54) is 0 Å². The van der Waals surface area contributed by atoms with E-state index < -0.39 is 0 Å². The lowest BCUT2D eigenvalue weighted by molar-refractivity contribution is 0.482. The number of ether oxygens (including phenoxy) is 1. The fraction of sp³-hybridized carbons (Fsp3) is 0.154. The van der Waals surface area contributed by atoms with Gasteiger partial charge < -0.3 is 16.2 Å². The van der Waals surface area contributed by atoms with Crippen LogP contribution < -0.4 is 16.2 Å². The van der Waals surface area contributed by atoms with Crippen molar-refractivity contribution in [3.8, 4) is 11.5 Å². The molecule has 17 heavy (non-hydrogen) atoms. The van der Waals surface area contributed by atoms with Gasteiger partial charge in [0.1, 0.15) is 17.3 Å². The summed E-state index contributed by atoms with van der Waals surface area (Å²) in [4.78, 5) is 3.87. The van der Waals surface area contributed by atoms with Crippen LogP contribution in [0.4, 0.5) is 11.5 Å². The zero-order chi connectivity index (χ0) is 12.7. The van der Waals surface area contributed by atoms with Gasteiger partial charge >= 0.3 is 0 Å². The van der Waals surface area contributed by atoms with Crippen LogP contribution in [0.5, 0.6) is 11.5 Å². The quantitative estimate of drug-likeness (QED) is 0.779. The van der Waals surface area contributed by atoms with E-state index in [2.05, 4.69) is 4.98 Å². The Bertz CT molecular complexity index is 454. The van der Waals surface area contributed by atoms with E-state index in [0.717, 1.165) is 5.75 Å². The zero-order valence-corrected chi connectivity index (χ0v) is 10.1. The minimum Gasteiger partial charge on any atom is -0.457 e. The van der Waals surface area contributed by atoms with Gasteiger partial charge in [-0.05, 0) is 30.3 Å². The summed E-state index contributed by atoms with van der Waals surface area (Å²) >= 11 is 0. The smallest absolute Gasteiger partial charge is 0.132 e. The molecule has 0 bridgehead atoms. The molecule has 1 heterocycles. The molecule has 2 aromatic rings. The summed E-state index contributed by atoms with van der Waals surface area (Å²) in [6, 6.07) is 10.6. The molecule has 0 saturated heterocycles. The molecule has 2 rings (SSSR count). The summed E-state index contributed by atoms with van der Waals surface area (Å²) < 4.78 is 5.54. The molecule has 0 atom stereocenters. The maximum Gasteiger partial charge on any atom is 0.132 e. The first-order chi connectivity index (χ1) is 8.24. The van der Waals surface area contributed by atoms with E-state index in [-0.39, 0.29) is 0 Å². The van der Waals surface area contributed by atoms with Gasteiger partial charge in [0.2, 0.25) is 0 Å². The number of aromatic nitrogens is 1. The Kier molecular flexibility index (Phi) is 4.81. The number of nitrogen functional groups attached to an aromatic ring is 2. The number of anilines is 2. The first-order valence-corrected chi connectivity index (χ1v) is 5.49. The maximum atomic E-state index is 5.56. The van der Waals surface area contributed by atoms with Crippen LogP contribution in [-0.2, 0) is 0 Å². The molecule has 0 radical (unpaired) electrons. The summed E-state index contributed by atoms with van der Waals surface area (Å²) in [5.41, 5.74) is 11.8. The van der Waals surface area contributed by atoms with Crippen molar-refractivity contribution in [1.29, 1.82) is 0 Å². The van der Waals surface area contributed by atoms with Crippen molar-refractivity contribution in [2.24, 2.45) is 0 Å². The second-order valence-corrected chi connectivity index (χ2v) is 3.09. The number of rotatable bonds is 2. The van der Waals surface area contributed by atoms with Gasteiger partial charge in [0.15, 0.2) is 0 Å². The Morgan fingerprint density at radius 2 is 1.59 bits per heavy atom. The number of nitrogens with zero attached hydrogens (tertiary/aromatic N) is 1. The van der Waals surface area contributed by atoms with E-state index in [9.17, 15) is 0 Å². The summed E-state index contributed by atoms with van der Waals surface area (Å²) in [5, 5.41) is 0. The third-order valence-corrected chi connectivity index (χ3v) is 1.87. The average molecular weight is 231 g/mol. The number of benzene rings is 1. The Morgan fingerprint density at radius 3 is 2.18 bits per heavy atom. The largest absolute Gasteiger partial charge is 0.457 e. The second-order valence-electron chi connectivity index (χ2n) is 3.09. The van der Waals surface area contributed by atoms with Crippen molar-refractivity contribution < 1.29 is 4.74 Å². The van der Waals surface area contributed by atoms with Gasteiger partial charge in [-0.15, -0.1) is 0 Å². The van der Waals surface area contributed by atoms with Gasteiger partial charge in [-0.3, -0.25) is 0 Å². The molecule has 0 aliphatic carbocycles. The van der Waals surface area contributed by atoms with Gasteiger partial charge in [-0.25, -0.2) is 4.98 Å². The zero-order valence-electron chi connectivity index (χ0n) is 10.1. The third-order valence-electron chi connectivity index (χ3n) is 1.87. The van der Waals surface area contributed by atoms with Gasteiger partial charge in [0, 0.05) is 18.0 Å². The topological polar surface area (TPSA) is 74.2 Å². The lowest BCUT2D eigenvalue weighted by atomic mass is 10.3. The minimum absolute atomic E-state index is 0.433. The van der Waals surface area contributed by atoms with Crippen LogP contribution in [0.25, 0.3) is 0 Å². The molecule has 4 heteroatoms. The average Bonchev–Trinajstić information content (AvgIpc) is 2.35. The molecule has 4 N–H and O–H groups in total. The lowest BCUT2D eigenvalue weighted by Crippen LogP contribution is -1.91. The SMILES string of the molecule is CC.Nc1ccc(Oc2ccnc(N)c2)cc1. The highest BCUT2D eigenvalue weighted by molar-refractivity contribution is 5.44. The van der Waals surface area contributed by atoms with Crippen LogP contribution in [-0.4, -0.2) is 4.98 Å². The summed E-state index contributed by atoms with van der Waals surface area (Å²) in [5.74, 6) is 1.81. The van der Waals surface area contributed by atoms with Crippen LogP contribution >= 0.6 is 0 Å². The molecule has 0 fully saturated rings. The molecule has 1 aromatic carbocycles. The van der Waals surface area contributed by atoms with Crippen molar-refractivity contribution in [2.45, 2.75) is 13.8 Å². The molecule has 0 spiro atoms. The summed E-state index contributed by atoms with van der Waals surface area (Å²) in [6.45, 7) is 4.00. The van der Waals surface area contributed by atoms with Crippen LogP contribution in [0.15, 0.2) is 42.6 Å². The fourth-order valence-corrected chi connectivity index (χ4v) is 1.16. The molecule has 4 nitrogen and oxygen atoms in total. The fourth-order valence-electron chi connectivity index (χ4n) is 1.16. The Balaban J connectivity index is 0.000000686. The predicted octanol–water partition coefficient (Wildman–Crippen LogP) is 3.06. The van der Waals surface area contributed by atoms with Crippen molar-refractivity contribution in [2.75, 3.05) is 11.5 Å². The standard InChI is InChI=1S/C11H11N3O.C2H6/c12-8-1-3-9(4-2-8)15-10-5-6-14-11(13)7-10;1-2/h1-7H,12H2,(H2,13,14);1-2H3. The molecular weight excluding hydrogens is 214 g/mol. The van der Waals surface area contributed by atoms with E-state index in [4.69, 9.17) is 16.2 Å². The van der Waals surface area contributed by atoms with Crippen LogP contribution in [0, 0.1) is 0 Å². The van der Waals surface area contributed by atoms with Gasteiger partial charge in [-0.2, -0.15) is 0 Å². The van der Waals surface area contributed by atoms with Crippen molar-refractivity contribution >= 4 is 11.5 Å². The van der Waals surface area contributed by atoms with Gasteiger partial charge in [0.25, 0.3) is 0 Å². The third kappa shape index (κ3) is 4.03. The van der Waals surface area contributed by atoms with Crippen molar-refractivity contribution in [3.63, 3.8) is 0 Å². The van der Waals surface area contributed by atoms with Gasteiger partial charge in [0.05, 0.1) is 0 Å². The number of hydrogen-bond donors (Lipinski definition) is 2. The molecule has 0 aliphatic rings. The molecule has 0 saturated carbocycles. The van der Waals surface area contributed by atoms with Crippen LogP contribution in [0.3, 0.4) is 0 Å². The predicted molar refractivity (Wildman–Crippen MR) is 70.9 cm³/mol. The van der Waals surface area contributed by atoms with Crippen molar-refractivity contribution in [1.82, 2.24) is 4.98 Å². The highest BCUT2D eigenvalue weighted by atomic mass is 16.5. The molecule has 0 aliphatic heterocycles. The molecular formula is C13H17N3O. The highest BCUT2D eigenvalue weighted by Crippen LogP contribution is 2.22. The van der Waals surface area contributed by atoms with Crippen molar-refractivity contribution in [3.05, 3.63) is 42.6 Å². The molecule has 1 aromatic heterocycles. The van der Waals surface area contributed by atoms with E-state index in [1.807, 2.05) is 13.8 Å². The number of nitrogens with two attached hydrogens (primary N) is 2. The Morgan fingerprint density at radius 1 is 0.941 bits per heavy atom. The van der Waals surface area contributed by atoms with E-state index in [1.54, 1.807) is 42.6 Å².